The van der Waals surface area contributed by atoms with Crippen LogP contribution in [-0.4, -0.2) is 20.9 Å². The minimum atomic E-state index is -0.495. The maximum absolute atomic E-state index is 11.5. The van der Waals surface area contributed by atoms with E-state index in [4.69, 9.17) is 27.6 Å². The lowest BCUT2D eigenvalue weighted by atomic mass is 10.4. The second kappa shape index (κ2) is 4.46. The summed E-state index contributed by atoms with van der Waals surface area (Å²) in [5.41, 5.74) is 0.243. The van der Waals surface area contributed by atoms with Crippen molar-refractivity contribution in [3.63, 3.8) is 0 Å². The predicted octanol–water partition coefficient (Wildman–Crippen LogP) is 2.02. The minimum Gasteiger partial charge on any atom is -0.438 e. The molecule has 0 spiro atoms. The van der Waals surface area contributed by atoms with E-state index in [1.165, 1.54) is 12.4 Å². The molecule has 1 N–H and O–H groups in total. The molecule has 0 aromatic carbocycles. The van der Waals surface area contributed by atoms with Crippen molar-refractivity contribution in [2.45, 2.75) is 0 Å². The third kappa shape index (κ3) is 2.29. The molecule has 0 unspecified atom stereocenters. The van der Waals surface area contributed by atoms with Crippen LogP contribution in [0.15, 0.2) is 23.2 Å². The Hall–Kier alpha value is -1.66. The summed E-state index contributed by atoms with van der Waals surface area (Å²) < 4.78 is 4.80. The van der Waals surface area contributed by atoms with Gasteiger partial charge in [0, 0.05) is 0 Å². The summed E-state index contributed by atoms with van der Waals surface area (Å²) in [4.78, 5) is 22.5. The molecule has 0 fully saturated rings. The van der Waals surface area contributed by atoms with Gasteiger partial charge in [-0.25, -0.2) is 15.0 Å². The first kappa shape index (κ1) is 10.8. The summed E-state index contributed by atoms with van der Waals surface area (Å²) in [6.45, 7) is 0. The van der Waals surface area contributed by atoms with Gasteiger partial charge in [0.1, 0.15) is 0 Å². The van der Waals surface area contributed by atoms with Crippen LogP contribution >= 0.6 is 23.2 Å². The number of aromatic nitrogens is 3. The third-order valence-electron chi connectivity index (χ3n) is 1.62. The first-order valence-corrected chi connectivity index (χ1v) is 4.80. The lowest BCUT2D eigenvalue weighted by Gasteiger charge is -2.03. The largest absolute Gasteiger partial charge is 0.438 e. The minimum absolute atomic E-state index is 0.00247. The molecule has 82 valence electrons. The molecule has 0 radical (unpaired) electrons. The number of nitrogens with one attached hydrogen (secondary N) is 1. The average Bonchev–Trinajstić information content (AvgIpc) is 2.75. The lowest BCUT2D eigenvalue weighted by Crippen LogP contribution is -2.12. The van der Waals surface area contributed by atoms with Crippen molar-refractivity contribution in [1.82, 2.24) is 15.0 Å². The van der Waals surface area contributed by atoms with E-state index in [-0.39, 0.29) is 21.9 Å². The molecule has 2 aromatic heterocycles. The van der Waals surface area contributed by atoms with E-state index < -0.39 is 5.91 Å². The van der Waals surface area contributed by atoms with Crippen LogP contribution in [0.1, 0.15) is 10.6 Å². The van der Waals surface area contributed by atoms with Gasteiger partial charge in [-0.05, 0) is 11.6 Å². The van der Waals surface area contributed by atoms with Crippen molar-refractivity contribution < 1.29 is 9.21 Å². The number of rotatable bonds is 2. The van der Waals surface area contributed by atoms with Crippen LogP contribution in [0.3, 0.4) is 0 Å². The molecule has 0 aliphatic rings. The van der Waals surface area contributed by atoms with Gasteiger partial charge in [0.05, 0.1) is 18.1 Å². The number of carbonyl (C=O) groups excluding carboxylic acids is 1. The van der Waals surface area contributed by atoms with Crippen LogP contribution < -0.4 is 5.32 Å². The fourth-order valence-corrected chi connectivity index (χ4v) is 1.29. The highest BCUT2D eigenvalue weighted by Gasteiger charge is 2.12. The zero-order valence-electron chi connectivity index (χ0n) is 7.65. The highest BCUT2D eigenvalue weighted by molar-refractivity contribution is 6.34. The third-order valence-corrected chi connectivity index (χ3v) is 2.09. The Morgan fingerprint density at radius 1 is 1.38 bits per heavy atom. The molecule has 0 atom stereocenters. The Kier molecular flexibility index (Phi) is 3.02. The molecule has 2 heterocycles. The maximum atomic E-state index is 11.5. The summed E-state index contributed by atoms with van der Waals surface area (Å²) in [5.74, 6) is -0.434. The van der Waals surface area contributed by atoms with Crippen LogP contribution in [-0.2, 0) is 0 Å². The lowest BCUT2D eigenvalue weighted by molar-refractivity contribution is 0.0996. The predicted molar refractivity (Wildman–Crippen MR) is 56.5 cm³/mol. The van der Waals surface area contributed by atoms with Crippen molar-refractivity contribution in [2.24, 2.45) is 0 Å². The number of hydrogen-bond acceptors (Lipinski definition) is 5. The number of oxazole rings is 1. The normalized spacial score (nSPS) is 10.1. The van der Waals surface area contributed by atoms with E-state index in [0.717, 1.165) is 6.39 Å². The van der Waals surface area contributed by atoms with Gasteiger partial charge in [0.2, 0.25) is 11.0 Å². The Balaban J connectivity index is 2.18. The number of nitrogens with zero attached hydrogens (tertiary/aromatic N) is 3. The van der Waals surface area contributed by atoms with Gasteiger partial charge in [-0.15, -0.1) is 0 Å². The summed E-state index contributed by atoms with van der Waals surface area (Å²) in [6.07, 6.45) is 3.72. The SMILES string of the molecule is O=C(Nc1cnc(Cl)nc1Cl)c1cnco1. The molecule has 0 saturated heterocycles. The van der Waals surface area contributed by atoms with Crippen LogP contribution in [0.5, 0.6) is 0 Å². The van der Waals surface area contributed by atoms with E-state index in [2.05, 4.69) is 20.3 Å². The molecular formula is C8H4Cl2N4O2. The van der Waals surface area contributed by atoms with Gasteiger partial charge in [0.15, 0.2) is 11.5 Å². The fourth-order valence-electron chi connectivity index (χ4n) is 0.937. The highest BCUT2D eigenvalue weighted by atomic mass is 35.5. The second-order valence-electron chi connectivity index (χ2n) is 2.66. The zero-order valence-corrected chi connectivity index (χ0v) is 9.16. The molecule has 2 aromatic rings. The Labute approximate surface area is 99.6 Å². The molecule has 6 nitrogen and oxygen atoms in total. The quantitative estimate of drug-likeness (QED) is 0.659. The van der Waals surface area contributed by atoms with Crippen molar-refractivity contribution in [3.05, 3.63) is 35.0 Å². The summed E-state index contributed by atoms with van der Waals surface area (Å²) in [7, 11) is 0. The van der Waals surface area contributed by atoms with Crippen molar-refractivity contribution >= 4 is 34.8 Å². The smallest absolute Gasteiger partial charge is 0.293 e. The Morgan fingerprint density at radius 2 is 2.19 bits per heavy atom. The Morgan fingerprint density at radius 3 is 2.81 bits per heavy atom. The molecule has 0 aliphatic heterocycles. The Bertz CT molecular complexity index is 515. The standard InChI is InChI=1S/C8H4Cl2N4O2/c9-6-4(1-12-8(10)14-6)13-7(15)5-2-11-3-16-5/h1-3H,(H,13,15). The van der Waals surface area contributed by atoms with Gasteiger partial charge in [0.25, 0.3) is 5.91 Å². The van der Waals surface area contributed by atoms with Crippen molar-refractivity contribution in [2.75, 3.05) is 5.32 Å². The topological polar surface area (TPSA) is 80.9 Å². The van der Waals surface area contributed by atoms with Crippen molar-refractivity contribution in [1.29, 1.82) is 0 Å². The van der Waals surface area contributed by atoms with Crippen LogP contribution in [0.4, 0.5) is 5.69 Å². The molecule has 2 rings (SSSR count). The van der Waals surface area contributed by atoms with Crippen molar-refractivity contribution in [3.8, 4) is 0 Å². The number of hydrogen-bond donors (Lipinski definition) is 1. The van der Waals surface area contributed by atoms with Gasteiger partial charge in [-0.2, -0.15) is 0 Å². The monoisotopic (exact) mass is 258 g/mol. The van der Waals surface area contributed by atoms with Gasteiger partial charge in [-0.1, -0.05) is 11.6 Å². The fraction of sp³-hybridized carbons (Fsp3) is 0. The van der Waals surface area contributed by atoms with Crippen LogP contribution in [0, 0.1) is 0 Å². The maximum Gasteiger partial charge on any atom is 0.293 e. The van der Waals surface area contributed by atoms with Gasteiger partial charge in [-0.3, -0.25) is 4.79 Å². The van der Waals surface area contributed by atoms with E-state index in [9.17, 15) is 4.79 Å². The molecule has 0 aliphatic carbocycles. The molecular weight excluding hydrogens is 255 g/mol. The summed E-state index contributed by atoms with van der Waals surface area (Å²) in [6, 6.07) is 0. The van der Waals surface area contributed by atoms with E-state index >= 15 is 0 Å². The molecule has 1 amide bonds. The molecule has 16 heavy (non-hydrogen) atoms. The first-order chi connectivity index (χ1) is 7.66. The van der Waals surface area contributed by atoms with E-state index in [0.29, 0.717) is 0 Å². The van der Waals surface area contributed by atoms with E-state index in [1.807, 2.05) is 0 Å². The van der Waals surface area contributed by atoms with E-state index in [1.54, 1.807) is 0 Å². The van der Waals surface area contributed by atoms with Gasteiger partial charge >= 0.3 is 0 Å². The highest BCUT2D eigenvalue weighted by Crippen LogP contribution is 2.19. The second-order valence-corrected chi connectivity index (χ2v) is 3.36. The number of carbonyl (C=O) groups is 1. The number of halogens is 2. The zero-order chi connectivity index (χ0) is 11.5. The molecule has 0 bridgehead atoms. The average molecular weight is 259 g/mol. The van der Waals surface area contributed by atoms with Crippen LogP contribution in [0.2, 0.25) is 10.4 Å². The first-order valence-electron chi connectivity index (χ1n) is 4.04. The number of anilines is 1. The number of amides is 1. The molecule has 0 saturated carbocycles. The summed E-state index contributed by atoms with van der Waals surface area (Å²) in [5, 5.41) is 2.50. The van der Waals surface area contributed by atoms with Gasteiger partial charge < -0.3 is 9.73 Å². The molecule has 8 heteroatoms. The summed E-state index contributed by atoms with van der Waals surface area (Å²) >= 11 is 11.2. The van der Waals surface area contributed by atoms with Crippen LogP contribution in [0.25, 0.3) is 0 Å².